The van der Waals surface area contributed by atoms with Gasteiger partial charge in [-0.25, -0.2) is 4.98 Å². The lowest BCUT2D eigenvalue weighted by atomic mass is 10.2. The maximum atomic E-state index is 6.14. The molecule has 2 rings (SSSR count). The van der Waals surface area contributed by atoms with Crippen molar-refractivity contribution in [3.05, 3.63) is 22.8 Å². The van der Waals surface area contributed by atoms with Crippen LogP contribution in [0.15, 0.2) is 12.1 Å². The summed E-state index contributed by atoms with van der Waals surface area (Å²) in [6, 6.07) is 4.19. The van der Waals surface area contributed by atoms with Gasteiger partial charge in [0.05, 0.1) is 10.7 Å². The van der Waals surface area contributed by atoms with Crippen LogP contribution in [0.5, 0.6) is 0 Å². The van der Waals surface area contributed by atoms with Gasteiger partial charge in [-0.15, -0.1) is 0 Å². The first kappa shape index (κ1) is 13.6. The van der Waals surface area contributed by atoms with Crippen LogP contribution >= 0.6 is 11.6 Å². The van der Waals surface area contributed by atoms with Crippen molar-refractivity contribution < 1.29 is 0 Å². The molecule has 2 heterocycles. The van der Waals surface area contributed by atoms with Gasteiger partial charge >= 0.3 is 0 Å². The van der Waals surface area contributed by atoms with Crippen molar-refractivity contribution in [2.75, 3.05) is 31.9 Å². The monoisotopic (exact) mass is 268 g/mol. The van der Waals surface area contributed by atoms with Crippen molar-refractivity contribution in [1.29, 1.82) is 0 Å². The normalized spacial score (nSPS) is 18.4. The first-order chi connectivity index (χ1) is 8.56. The predicted molar refractivity (Wildman–Crippen MR) is 75.6 cm³/mol. The average Bonchev–Trinajstić information content (AvgIpc) is 2.34. The number of rotatable bonds is 3. The Hall–Kier alpha value is -0.840. The van der Waals surface area contributed by atoms with E-state index in [9.17, 15) is 0 Å². The molecule has 0 saturated carbocycles. The third-order valence-electron chi connectivity index (χ3n) is 3.45. The average molecular weight is 269 g/mol. The summed E-state index contributed by atoms with van der Waals surface area (Å²) < 4.78 is 0. The Kier molecular flexibility index (Phi) is 4.43. The molecule has 1 aromatic heterocycles. The van der Waals surface area contributed by atoms with E-state index in [4.69, 9.17) is 17.3 Å². The number of nitrogens with two attached hydrogens (primary N) is 1. The van der Waals surface area contributed by atoms with Gasteiger partial charge in [0.2, 0.25) is 0 Å². The molecule has 0 aromatic carbocycles. The number of pyridine rings is 1. The number of nitrogens with zero attached hydrogens (tertiary/aromatic N) is 3. The van der Waals surface area contributed by atoms with Gasteiger partial charge in [0.15, 0.2) is 0 Å². The Bertz CT molecular complexity index is 400. The topological polar surface area (TPSA) is 45.4 Å². The molecule has 1 fully saturated rings. The van der Waals surface area contributed by atoms with Crippen molar-refractivity contribution in [3.63, 3.8) is 0 Å². The first-order valence-electron chi connectivity index (χ1n) is 6.43. The van der Waals surface area contributed by atoms with Crippen molar-refractivity contribution in [2.45, 2.75) is 26.4 Å². The molecule has 5 heteroatoms. The van der Waals surface area contributed by atoms with Crippen LogP contribution in [0.4, 0.5) is 5.82 Å². The van der Waals surface area contributed by atoms with Crippen LogP contribution in [0.1, 0.15) is 19.5 Å². The zero-order chi connectivity index (χ0) is 13.1. The van der Waals surface area contributed by atoms with E-state index in [-0.39, 0.29) is 0 Å². The number of hydrogen-bond donors (Lipinski definition) is 1. The molecule has 0 aliphatic carbocycles. The van der Waals surface area contributed by atoms with Gasteiger partial charge in [0.1, 0.15) is 5.82 Å². The molecule has 0 spiro atoms. The number of aromatic nitrogens is 1. The Morgan fingerprint density at radius 1 is 1.28 bits per heavy atom. The van der Waals surface area contributed by atoms with E-state index in [0.29, 0.717) is 16.9 Å². The fourth-order valence-electron chi connectivity index (χ4n) is 2.26. The quantitative estimate of drug-likeness (QED) is 0.909. The molecular weight excluding hydrogens is 248 g/mol. The summed E-state index contributed by atoms with van der Waals surface area (Å²) in [5.41, 5.74) is 6.58. The Morgan fingerprint density at radius 3 is 2.56 bits per heavy atom. The number of halogens is 1. The van der Waals surface area contributed by atoms with Crippen molar-refractivity contribution in [3.8, 4) is 0 Å². The molecule has 0 atom stereocenters. The highest BCUT2D eigenvalue weighted by molar-refractivity contribution is 6.31. The lowest BCUT2D eigenvalue weighted by molar-refractivity contribution is 0.103. The molecule has 0 radical (unpaired) electrons. The summed E-state index contributed by atoms with van der Waals surface area (Å²) >= 11 is 6.14. The van der Waals surface area contributed by atoms with Crippen LogP contribution in [0.2, 0.25) is 5.02 Å². The molecule has 1 aromatic rings. The van der Waals surface area contributed by atoms with Gasteiger partial charge in [-0.05, 0) is 26.0 Å². The molecule has 0 bridgehead atoms. The molecule has 1 aliphatic heterocycles. The Labute approximate surface area is 114 Å². The van der Waals surface area contributed by atoms with E-state index in [1.54, 1.807) is 6.07 Å². The number of piperazine rings is 1. The van der Waals surface area contributed by atoms with Crippen molar-refractivity contribution in [2.24, 2.45) is 0 Å². The fraction of sp³-hybridized carbons (Fsp3) is 0.615. The first-order valence-corrected chi connectivity index (χ1v) is 6.81. The molecule has 4 nitrogen and oxygen atoms in total. The van der Waals surface area contributed by atoms with Crippen LogP contribution in [-0.2, 0) is 6.54 Å². The lowest BCUT2D eigenvalue weighted by Crippen LogP contribution is -2.48. The highest BCUT2D eigenvalue weighted by Gasteiger charge is 2.19. The van der Waals surface area contributed by atoms with E-state index < -0.39 is 0 Å². The van der Waals surface area contributed by atoms with Crippen LogP contribution in [0.25, 0.3) is 0 Å². The molecule has 1 saturated heterocycles. The summed E-state index contributed by atoms with van der Waals surface area (Å²) in [7, 11) is 0. The second kappa shape index (κ2) is 5.87. The standard InChI is InChI=1S/C13H21ClN4/c1-10(2)18-7-5-17(6-8-18)9-12-11(14)3-4-13(15)16-12/h3-4,10H,5-9H2,1-2H3,(H2,15,16). The van der Waals surface area contributed by atoms with E-state index in [2.05, 4.69) is 28.6 Å². The summed E-state index contributed by atoms with van der Waals surface area (Å²) in [6.45, 7) is 9.61. The smallest absolute Gasteiger partial charge is 0.123 e. The largest absolute Gasteiger partial charge is 0.384 e. The van der Waals surface area contributed by atoms with Gasteiger partial charge in [0, 0.05) is 38.8 Å². The number of anilines is 1. The minimum absolute atomic E-state index is 0.537. The summed E-state index contributed by atoms with van der Waals surface area (Å²) in [5.74, 6) is 0.537. The Morgan fingerprint density at radius 2 is 1.94 bits per heavy atom. The molecule has 100 valence electrons. The Balaban J connectivity index is 1.93. The summed E-state index contributed by atoms with van der Waals surface area (Å²) in [6.07, 6.45) is 0. The third-order valence-corrected chi connectivity index (χ3v) is 3.79. The minimum atomic E-state index is 0.537. The molecule has 1 aliphatic rings. The SMILES string of the molecule is CC(C)N1CCN(Cc2nc(N)ccc2Cl)CC1. The van der Waals surface area contributed by atoms with Crippen molar-refractivity contribution in [1.82, 2.24) is 14.8 Å². The second-order valence-electron chi connectivity index (χ2n) is 5.07. The van der Waals surface area contributed by atoms with Crippen LogP contribution in [0, 0.1) is 0 Å². The fourth-order valence-corrected chi connectivity index (χ4v) is 2.43. The van der Waals surface area contributed by atoms with Crippen LogP contribution < -0.4 is 5.73 Å². The maximum absolute atomic E-state index is 6.14. The predicted octanol–water partition coefficient (Wildman–Crippen LogP) is 1.84. The second-order valence-corrected chi connectivity index (χ2v) is 5.48. The van der Waals surface area contributed by atoms with E-state index in [1.807, 2.05) is 6.07 Å². The van der Waals surface area contributed by atoms with Crippen LogP contribution in [-0.4, -0.2) is 47.0 Å². The molecule has 2 N–H and O–H groups in total. The van der Waals surface area contributed by atoms with Gasteiger partial charge in [0.25, 0.3) is 0 Å². The summed E-state index contributed by atoms with van der Waals surface area (Å²) in [4.78, 5) is 9.18. The highest BCUT2D eigenvalue weighted by atomic mass is 35.5. The van der Waals surface area contributed by atoms with E-state index in [0.717, 1.165) is 38.4 Å². The number of hydrogen-bond acceptors (Lipinski definition) is 4. The molecular formula is C13H21ClN4. The third kappa shape index (κ3) is 3.34. The van der Waals surface area contributed by atoms with Gasteiger partial charge < -0.3 is 5.73 Å². The lowest BCUT2D eigenvalue weighted by Gasteiger charge is -2.36. The summed E-state index contributed by atoms with van der Waals surface area (Å²) in [5, 5.41) is 0.704. The van der Waals surface area contributed by atoms with Gasteiger partial charge in [-0.2, -0.15) is 0 Å². The molecule has 0 amide bonds. The van der Waals surface area contributed by atoms with E-state index in [1.165, 1.54) is 0 Å². The highest BCUT2D eigenvalue weighted by Crippen LogP contribution is 2.18. The maximum Gasteiger partial charge on any atom is 0.123 e. The van der Waals surface area contributed by atoms with Crippen LogP contribution in [0.3, 0.4) is 0 Å². The minimum Gasteiger partial charge on any atom is -0.384 e. The van der Waals surface area contributed by atoms with E-state index >= 15 is 0 Å². The zero-order valence-electron chi connectivity index (χ0n) is 11.1. The number of nitrogen functional groups attached to an aromatic ring is 1. The van der Waals surface area contributed by atoms with Gasteiger partial charge in [-0.3, -0.25) is 9.80 Å². The molecule has 18 heavy (non-hydrogen) atoms. The van der Waals surface area contributed by atoms with Gasteiger partial charge in [-0.1, -0.05) is 11.6 Å². The zero-order valence-corrected chi connectivity index (χ0v) is 11.8. The molecule has 0 unspecified atom stereocenters. The van der Waals surface area contributed by atoms with Crippen molar-refractivity contribution >= 4 is 17.4 Å².